The Bertz CT molecular complexity index is 786. The Morgan fingerprint density at radius 2 is 2.00 bits per heavy atom. The SMILES string of the molecule is C=CCN(CC=C)C(=O)Cc1c(C)nc(-c2ccccn2)[nH]c1=O. The van der Waals surface area contributed by atoms with Gasteiger partial charge in [-0.25, -0.2) is 4.98 Å². The quantitative estimate of drug-likeness (QED) is 0.789. The van der Waals surface area contributed by atoms with Gasteiger partial charge in [0.15, 0.2) is 5.82 Å². The number of carbonyl (C=O) groups is 1. The standard InChI is InChI=1S/C18H20N4O2/c1-4-10-22(11-5-2)16(23)12-14-13(3)20-17(21-18(14)24)15-8-6-7-9-19-15/h4-9H,1-2,10-12H2,3H3,(H,20,21,24). The normalized spacial score (nSPS) is 10.2. The molecule has 0 aliphatic heterocycles. The Balaban J connectivity index is 2.28. The molecule has 0 aliphatic rings. The van der Waals surface area contributed by atoms with E-state index in [1.165, 1.54) is 0 Å². The molecule has 6 heteroatoms. The fourth-order valence-corrected chi connectivity index (χ4v) is 2.30. The van der Waals surface area contributed by atoms with Crippen LogP contribution in [0.5, 0.6) is 0 Å². The molecule has 0 aromatic carbocycles. The molecule has 6 nitrogen and oxygen atoms in total. The van der Waals surface area contributed by atoms with Crippen molar-refractivity contribution in [2.45, 2.75) is 13.3 Å². The van der Waals surface area contributed by atoms with E-state index in [9.17, 15) is 9.59 Å². The van der Waals surface area contributed by atoms with Gasteiger partial charge in [-0.15, -0.1) is 13.2 Å². The van der Waals surface area contributed by atoms with Crippen LogP contribution in [0, 0.1) is 6.92 Å². The summed E-state index contributed by atoms with van der Waals surface area (Å²) in [7, 11) is 0. The smallest absolute Gasteiger partial charge is 0.255 e. The first-order valence-electron chi connectivity index (χ1n) is 7.57. The molecule has 2 aromatic heterocycles. The Morgan fingerprint density at radius 1 is 1.29 bits per heavy atom. The Labute approximate surface area is 140 Å². The number of hydrogen-bond acceptors (Lipinski definition) is 4. The predicted molar refractivity (Wildman–Crippen MR) is 93.5 cm³/mol. The third-order valence-corrected chi connectivity index (χ3v) is 3.51. The lowest BCUT2D eigenvalue weighted by Gasteiger charge is -2.19. The van der Waals surface area contributed by atoms with Crippen molar-refractivity contribution < 1.29 is 4.79 Å². The predicted octanol–water partition coefficient (Wildman–Crippen LogP) is 1.88. The molecule has 0 saturated heterocycles. The topological polar surface area (TPSA) is 79.0 Å². The molecule has 124 valence electrons. The Kier molecular flexibility index (Phi) is 5.78. The van der Waals surface area contributed by atoms with E-state index in [0.717, 1.165) is 0 Å². The molecule has 0 bridgehead atoms. The summed E-state index contributed by atoms with van der Waals surface area (Å²) in [4.78, 5) is 37.6. The Hall–Kier alpha value is -3.02. The number of rotatable bonds is 7. The second-order valence-corrected chi connectivity index (χ2v) is 5.25. The van der Waals surface area contributed by atoms with Crippen molar-refractivity contribution in [1.29, 1.82) is 0 Å². The molecular weight excluding hydrogens is 304 g/mol. The number of nitrogens with one attached hydrogen (secondary N) is 1. The van der Waals surface area contributed by atoms with Crippen LogP contribution in [0.4, 0.5) is 0 Å². The van der Waals surface area contributed by atoms with E-state index in [4.69, 9.17) is 0 Å². The van der Waals surface area contributed by atoms with Gasteiger partial charge in [0, 0.05) is 30.5 Å². The molecular formula is C18H20N4O2. The molecule has 0 atom stereocenters. The molecule has 2 rings (SSSR count). The van der Waals surface area contributed by atoms with E-state index in [-0.39, 0.29) is 17.9 Å². The van der Waals surface area contributed by atoms with Crippen LogP contribution in [0.2, 0.25) is 0 Å². The second-order valence-electron chi connectivity index (χ2n) is 5.25. The van der Waals surface area contributed by atoms with Gasteiger partial charge in [-0.2, -0.15) is 0 Å². The molecule has 0 spiro atoms. The van der Waals surface area contributed by atoms with E-state index in [0.29, 0.717) is 35.9 Å². The van der Waals surface area contributed by atoms with Crippen molar-refractivity contribution in [1.82, 2.24) is 19.9 Å². The van der Waals surface area contributed by atoms with Crippen molar-refractivity contribution in [3.05, 3.63) is 71.3 Å². The summed E-state index contributed by atoms with van der Waals surface area (Å²) >= 11 is 0. The maximum atomic E-state index is 12.4. The zero-order valence-electron chi connectivity index (χ0n) is 13.7. The first-order chi connectivity index (χ1) is 11.6. The summed E-state index contributed by atoms with van der Waals surface area (Å²) in [6, 6.07) is 5.37. The van der Waals surface area contributed by atoms with Gasteiger partial charge >= 0.3 is 0 Å². The minimum atomic E-state index is -0.325. The van der Waals surface area contributed by atoms with Crippen molar-refractivity contribution >= 4 is 5.91 Å². The fourth-order valence-electron chi connectivity index (χ4n) is 2.30. The fraction of sp³-hybridized carbons (Fsp3) is 0.222. The number of H-pyrrole nitrogens is 1. The summed E-state index contributed by atoms with van der Waals surface area (Å²) in [5.74, 6) is 0.221. The first-order valence-corrected chi connectivity index (χ1v) is 7.57. The van der Waals surface area contributed by atoms with Gasteiger partial charge in [0.05, 0.1) is 6.42 Å². The highest BCUT2D eigenvalue weighted by Crippen LogP contribution is 2.11. The van der Waals surface area contributed by atoms with Crippen LogP contribution in [0.3, 0.4) is 0 Å². The van der Waals surface area contributed by atoms with Crippen LogP contribution < -0.4 is 5.56 Å². The highest BCUT2D eigenvalue weighted by molar-refractivity contribution is 5.79. The summed E-state index contributed by atoms with van der Waals surface area (Å²) < 4.78 is 0. The minimum absolute atomic E-state index is 0.0155. The van der Waals surface area contributed by atoms with Crippen LogP contribution in [-0.4, -0.2) is 38.8 Å². The van der Waals surface area contributed by atoms with E-state index < -0.39 is 0 Å². The van der Waals surface area contributed by atoms with Crippen LogP contribution in [0.1, 0.15) is 11.3 Å². The number of carbonyl (C=O) groups excluding carboxylic acids is 1. The third-order valence-electron chi connectivity index (χ3n) is 3.51. The van der Waals surface area contributed by atoms with Gasteiger partial charge < -0.3 is 9.88 Å². The van der Waals surface area contributed by atoms with Gasteiger partial charge in [0.1, 0.15) is 5.69 Å². The van der Waals surface area contributed by atoms with Crippen molar-refractivity contribution in [2.75, 3.05) is 13.1 Å². The van der Waals surface area contributed by atoms with Gasteiger partial charge in [-0.3, -0.25) is 14.6 Å². The Morgan fingerprint density at radius 3 is 2.54 bits per heavy atom. The minimum Gasteiger partial charge on any atom is -0.335 e. The number of nitrogens with zero attached hydrogens (tertiary/aromatic N) is 3. The van der Waals surface area contributed by atoms with Crippen molar-refractivity contribution in [2.24, 2.45) is 0 Å². The number of amides is 1. The third kappa shape index (κ3) is 4.04. The number of hydrogen-bond donors (Lipinski definition) is 1. The summed E-state index contributed by atoms with van der Waals surface area (Å²) in [5, 5.41) is 0. The van der Waals surface area contributed by atoms with Crippen LogP contribution in [-0.2, 0) is 11.2 Å². The first kappa shape index (κ1) is 17.3. The second kappa shape index (κ2) is 8.01. The molecule has 2 heterocycles. The lowest BCUT2D eigenvalue weighted by atomic mass is 10.1. The molecule has 0 unspecified atom stereocenters. The van der Waals surface area contributed by atoms with E-state index in [1.807, 2.05) is 6.07 Å². The summed E-state index contributed by atoms with van der Waals surface area (Å²) in [6.07, 6.45) is 4.89. The lowest BCUT2D eigenvalue weighted by Crippen LogP contribution is -2.34. The average molecular weight is 324 g/mol. The number of pyridine rings is 1. The number of aromatic nitrogens is 3. The molecule has 0 aliphatic carbocycles. The largest absolute Gasteiger partial charge is 0.335 e. The zero-order valence-corrected chi connectivity index (χ0v) is 13.7. The van der Waals surface area contributed by atoms with Gasteiger partial charge in [-0.1, -0.05) is 18.2 Å². The molecule has 24 heavy (non-hydrogen) atoms. The lowest BCUT2D eigenvalue weighted by molar-refractivity contribution is -0.129. The molecule has 0 fully saturated rings. The summed E-state index contributed by atoms with van der Waals surface area (Å²) in [5.41, 5.74) is 1.13. The molecule has 0 saturated carbocycles. The van der Waals surface area contributed by atoms with Crippen molar-refractivity contribution in [3.8, 4) is 11.5 Å². The zero-order chi connectivity index (χ0) is 17.5. The van der Waals surface area contributed by atoms with E-state index in [2.05, 4.69) is 28.1 Å². The van der Waals surface area contributed by atoms with Gasteiger partial charge in [0.2, 0.25) is 5.91 Å². The monoisotopic (exact) mass is 324 g/mol. The van der Waals surface area contributed by atoms with Crippen LogP contribution in [0.15, 0.2) is 54.5 Å². The average Bonchev–Trinajstić information content (AvgIpc) is 2.58. The number of aryl methyl sites for hydroxylation is 1. The van der Waals surface area contributed by atoms with Gasteiger partial charge in [-0.05, 0) is 19.1 Å². The van der Waals surface area contributed by atoms with E-state index in [1.54, 1.807) is 42.3 Å². The van der Waals surface area contributed by atoms with Crippen molar-refractivity contribution in [3.63, 3.8) is 0 Å². The molecule has 1 amide bonds. The summed E-state index contributed by atoms with van der Waals surface area (Å²) in [6.45, 7) is 9.80. The highest BCUT2D eigenvalue weighted by atomic mass is 16.2. The maximum Gasteiger partial charge on any atom is 0.255 e. The van der Waals surface area contributed by atoms with Crippen LogP contribution in [0.25, 0.3) is 11.5 Å². The molecule has 0 radical (unpaired) electrons. The van der Waals surface area contributed by atoms with Crippen LogP contribution >= 0.6 is 0 Å². The van der Waals surface area contributed by atoms with E-state index >= 15 is 0 Å². The molecule has 2 aromatic rings. The number of aromatic amines is 1. The molecule has 1 N–H and O–H groups in total. The maximum absolute atomic E-state index is 12.4. The van der Waals surface area contributed by atoms with Gasteiger partial charge in [0.25, 0.3) is 5.56 Å². The highest BCUT2D eigenvalue weighted by Gasteiger charge is 2.17.